The van der Waals surface area contributed by atoms with Crippen LogP contribution >= 0.6 is 34.8 Å². The SMILES string of the molecule is C=CC(=O)N1CCN(c2nc(CCN3CC(C)(N(C)C)C3)nc3c(F)c(-c4c(O)cccc4F)c(Cl)cc23)CC1.C=CC(=O)N1CCN(c2nc(NC3CCN(C4CC4)CC3)nc3c(F)c(-c4c(C)ccc5cn[nH]c45)c(Cl)cc23)CC1.C=CC(=O)N1CCN(c2nc(OC3CCN(C4CC4)CC3)nc3c(F)c(-c4c(C)ccc5[nH]ncc45)c(Cl)cc23)CC1. The molecule has 0 unspecified atom stereocenters. The Morgan fingerprint density at radius 3 is 1.55 bits per heavy atom. The first kappa shape index (κ1) is 85.3. The van der Waals surface area contributed by atoms with Crippen molar-refractivity contribution >= 4 is 130 Å². The van der Waals surface area contributed by atoms with Crippen molar-refractivity contribution < 1.29 is 41.8 Å². The van der Waals surface area contributed by atoms with Crippen molar-refractivity contribution in [1.82, 2.24) is 84.6 Å². The number of fused-ring (bicyclic) bond motifs is 5. The Labute approximate surface area is 730 Å². The average Bonchev–Trinajstić information content (AvgIpc) is 1.13. The fourth-order valence-electron chi connectivity index (χ4n) is 18.3. The zero-order valence-corrected chi connectivity index (χ0v) is 72.4. The van der Waals surface area contributed by atoms with Gasteiger partial charge in [0.2, 0.25) is 23.7 Å². The minimum absolute atomic E-state index is 0.00777. The van der Waals surface area contributed by atoms with Gasteiger partial charge in [-0.1, -0.05) is 78.8 Å². The molecule has 11 heterocycles. The molecule has 6 saturated heterocycles. The molecule has 6 aliphatic heterocycles. The van der Waals surface area contributed by atoms with Gasteiger partial charge in [0.25, 0.3) is 0 Å². The number of anilines is 4. The summed E-state index contributed by atoms with van der Waals surface area (Å²) in [7, 11) is 4.13. The number of H-pyrrole nitrogens is 2. The summed E-state index contributed by atoms with van der Waals surface area (Å²) in [6.45, 7) is 29.5. The van der Waals surface area contributed by atoms with E-state index in [2.05, 4.69) is 106 Å². The largest absolute Gasteiger partial charge is 0.507 e. The molecule has 0 bridgehead atoms. The van der Waals surface area contributed by atoms with Gasteiger partial charge in [0.1, 0.15) is 57.5 Å². The molecule has 648 valence electrons. The Hall–Kier alpha value is -10.9. The number of rotatable bonds is 19. The molecule has 26 nitrogen and oxygen atoms in total. The number of carbonyl (C=O) groups excluding carboxylic acids is 3. The molecule has 2 saturated carbocycles. The van der Waals surface area contributed by atoms with Crippen LogP contribution in [0.1, 0.15) is 75.2 Å². The first-order valence-electron chi connectivity index (χ1n) is 42.6. The number of aromatic amines is 2. The molecule has 8 aliphatic rings. The number of likely N-dealkylation sites (N-methyl/N-ethyl adjacent to an activating group) is 1. The number of carbonyl (C=O) groups is 3. The van der Waals surface area contributed by atoms with Crippen LogP contribution in [0, 0.1) is 37.1 Å². The highest BCUT2D eigenvalue weighted by atomic mass is 35.5. The van der Waals surface area contributed by atoms with Gasteiger partial charge in [0, 0.05) is 209 Å². The first-order valence-corrected chi connectivity index (χ1v) is 43.7. The lowest BCUT2D eigenvalue weighted by Crippen LogP contribution is -2.66. The maximum atomic E-state index is 16.8. The number of aromatic nitrogens is 10. The van der Waals surface area contributed by atoms with Crippen molar-refractivity contribution in [1.29, 1.82) is 0 Å². The number of ether oxygens (including phenoxy) is 1. The van der Waals surface area contributed by atoms with E-state index in [0.29, 0.717) is 154 Å². The molecule has 2 aliphatic carbocycles. The quantitative estimate of drug-likeness (QED) is 0.0433. The molecule has 0 spiro atoms. The fourth-order valence-corrected chi connectivity index (χ4v) is 19.1. The Morgan fingerprint density at radius 1 is 0.548 bits per heavy atom. The molecule has 33 heteroatoms. The number of nitrogens with one attached hydrogen (secondary N) is 3. The van der Waals surface area contributed by atoms with Gasteiger partial charge in [-0.2, -0.15) is 25.1 Å². The number of benzene rings is 6. The van der Waals surface area contributed by atoms with Gasteiger partial charge in [0.15, 0.2) is 17.5 Å². The number of likely N-dealkylation sites (tertiary alicyclic amines) is 3. The van der Waals surface area contributed by atoms with Gasteiger partial charge in [-0.05, 0) is 152 Å². The zero-order valence-electron chi connectivity index (χ0n) is 70.2. The van der Waals surface area contributed by atoms with E-state index in [-0.39, 0.29) is 89.7 Å². The summed E-state index contributed by atoms with van der Waals surface area (Å²) >= 11 is 20.3. The minimum Gasteiger partial charge on any atom is -0.507 e. The van der Waals surface area contributed by atoms with Gasteiger partial charge < -0.3 is 59.3 Å². The molecule has 0 atom stereocenters. The van der Waals surface area contributed by atoms with Gasteiger partial charge in [-0.3, -0.25) is 29.5 Å². The zero-order chi connectivity index (χ0) is 86.7. The lowest BCUT2D eigenvalue weighted by atomic mass is 9.91. The summed E-state index contributed by atoms with van der Waals surface area (Å²) < 4.78 is 70.9. The number of aromatic hydroxyl groups is 1. The maximum Gasteiger partial charge on any atom is 0.319 e. The third-order valence-electron chi connectivity index (χ3n) is 25.8. The molecule has 6 aromatic carbocycles. The number of piperazine rings is 3. The number of piperidine rings is 2. The van der Waals surface area contributed by atoms with Crippen LogP contribution in [-0.2, 0) is 20.8 Å². The van der Waals surface area contributed by atoms with E-state index in [4.69, 9.17) is 59.5 Å². The van der Waals surface area contributed by atoms with Gasteiger partial charge in [-0.15, -0.1) is 0 Å². The van der Waals surface area contributed by atoms with Crippen molar-refractivity contribution in [3.8, 4) is 45.1 Å². The number of phenolic OH excluding ortho intramolecular Hbond substituents is 1. The van der Waals surface area contributed by atoms with Gasteiger partial charge in [-0.25, -0.2) is 32.5 Å². The number of nitrogens with zero attached hydrogens (tertiary/aromatic N) is 18. The fraction of sp³-hybridized carbons (Fsp3) is 0.418. The van der Waals surface area contributed by atoms with Crippen molar-refractivity contribution in [2.75, 3.05) is 158 Å². The van der Waals surface area contributed by atoms with Gasteiger partial charge in [0.05, 0.1) is 44.1 Å². The molecule has 124 heavy (non-hydrogen) atoms. The third kappa shape index (κ3) is 17.2. The number of hydrogen-bond donors (Lipinski definition) is 4. The molecule has 0 radical (unpaired) electrons. The van der Waals surface area contributed by atoms with E-state index in [1.54, 1.807) is 39.2 Å². The predicted molar refractivity (Wildman–Crippen MR) is 479 cm³/mol. The van der Waals surface area contributed by atoms with Crippen LogP contribution in [0.25, 0.3) is 87.9 Å². The summed E-state index contributed by atoms with van der Waals surface area (Å²) in [5.41, 5.74) is 5.15. The molecule has 11 aromatic rings. The predicted octanol–water partition coefficient (Wildman–Crippen LogP) is 14.2. The smallest absolute Gasteiger partial charge is 0.319 e. The van der Waals surface area contributed by atoms with Crippen LogP contribution in [0.2, 0.25) is 15.1 Å². The molecule has 8 fully saturated rings. The van der Waals surface area contributed by atoms with Crippen LogP contribution in [0.5, 0.6) is 11.8 Å². The first-order chi connectivity index (χ1) is 59.8. The van der Waals surface area contributed by atoms with Crippen molar-refractivity contribution in [2.24, 2.45) is 0 Å². The highest BCUT2D eigenvalue weighted by Crippen LogP contribution is 2.47. The Morgan fingerprint density at radius 2 is 1.02 bits per heavy atom. The second-order valence-corrected chi connectivity index (χ2v) is 35.2. The molecular formula is C91H100Cl3F4N21O5. The summed E-state index contributed by atoms with van der Waals surface area (Å²) in [4.78, 5) is 86.1. The van der Waals surface area contributed by atoms with Crippen LogP contribution in [-0.4, -0.2) is 276 Å². The standard InChI is InChI=1S/C31H34ClFN8O.C31H33ClFN7O2.C29H33ClF2N6O2/c1-3-24(42)40-12-14-41(15-13-40)30-22-16-23(32)26(25-18(2)4-5-19-17-34-38-28(19)25)27(33)29(22)36-31(37-30)35-20-8-10-39(11-9-20)21-6-7-21;1-3-25(41)39-12-14-40(15-13-39)30-21-16-23(32)27(26-18(2)4-7-24-22(26)17-34-37-24)28(33)29(21)35-31(36-30)42-20-8-10-38(11-9-20)19-5-6-19;1-5-23(40)37-11-13-38(14-12-37)28-18-15-19(30)24(25-20(31)7-6-8-21(25)39)26(32)27(18)33-22(34-28)9-10-36-16-29(2,17-36)35(3)4/h3-5,16-17,20-21H,1,6-15H2,2H3,(H,34,38)(H,35,36,37);3-4,7,16-17,19-20H,1,5-6,8-15H2,2H3,(H,34,37);5-8,15,39H,1,9-14,16-17H2,2-4H3. The molecule has 5 aromatic heterocycles. The second kappa shape index (κ2) is 35.6. The summed E-state index contributed by atoms with van der Waals surface area (Å²) in [6, 6.07) is 18.4. The second-order valence-electron chi connectivity index (χ2n) is 34.0. The van der Waals surface area contributed by atoms with E-state index < -0.39 is 29.0 Å². The maximum absolute atomic E-state index is 16.8. The minimum atomic E-state index is -0.822. The lowest BCUT2D eigenvalue weighted by molar-refractivity contribution is -0.127. The molecule has 3 amide bonds. The Kier molecular flexibility index (Phi) is 24.5. The van der Waals surface area contributed by atoms with E-state index in [9.17, 15) is 23.9 Å². The highest BCUT2D eigenvalue weighted by Gasteiger charge is 2.41. The third-order valence-corrected chi connectivity index (χ3v) is 26.7. The van der Waals surface area contributed by atoms with E-state index in [1.807, 2.05) is 43.0 Å². The van der Waals surface area contributed by atoms with Crippen LogP contribution in [0.15, 0.2) is 111 Å². The van der Waals surface area contributed by atoms with Crippen LogP contribution < -0.4 is 24.8 Å². The molecular weight excluding hydrogens is 1650 g/mol. The number of phenols is 1. The van der Waals surface area contributed by atoms with Crippen LogP contribution in [0.3, 0.4) is 0 Å². The van der Waals surface area contributed by atoms with Crippen molar-refractivity contribution in [3.63, 3.8) is 0 Å². The molecule has 19 rings (SSSR count). The van der Waals surface area contributed by atoms with Gasteiger partial charge >= 0.3 is 6.01 Å². The Bertz CT molecular complexity index is 5710. The number of amides is 3. The van der Waals surface area contributed by atoms with Crippen molar-refractivity contribution in [2.45, 2.75) is 108 Å². The summed E-state index contributed by atoms with van der Waals surface area (Å²) in [5.74, 6) is -0.828. The molecule has 4 N–H and O–H groups in total. The average molecular weight is 1750 g/mol. The number of aryl methyl sites for hydroxylation is 2. The van der Waals surface area contributed by atoms with E-state index in [1.165, 1.54) is 62.1 Å². The summed E-state index contributed by atoms with van der Waals surface area (Å²) in [5, 5.41) is 31.8. The van der Waals surface area contributed by atoms with Crippen LogP contribution in [0.4, 0.5) is 41.0 Å². The lowest BCUT2D eigenvalue weighted by Gasteiger charge is -2.52. The number of hydrogen-bond acceptors (Lipinski definition) is 21. The topological polar surface area (TPSA) is 260 Å². The highest BCUT2D eigenvalue weighted by molar-refractivity contribution is 6.36. The van der Waals surface area contributed by atoms with Crippen molar-refractivity contribution in [3.05, 3.63) is 166 Å². The van der Waals surface area contributed by atoms with E-state index >= 15 is 13.2 Å². The normalized spacial score (nSPS) is 18.2. The monoisotopic (exact) mass is 1750 g/mol. The van der Waals surface area contributed by atoms with E-state index in [0.717, 1.165) is 116 Å². The number of halogens is 7. The Balaban J connectivity index is 0.000000132. The summed E-state index contributed by atoms with van der Waals surface area (Å²) in [6.07, 6.45) is 16.7.